The summed E-state index contributed by atoms with van der Waals surface area (Å²) >= 11 is 1.65. The van der Waals surface area contributed by atoms with Crippen LogP contribution in [-0.2, 0) is 6.42 Å². The molecule has 0 saturated carbocycles. The predicted octanol–water partition coefficient (Wildman–Crippen LogP) is 3.10. The van der Waals surface area contributed by atoms with E-state index >= 15 is 0 Å². The van der Waals surface area contributed by atoms with E-state index in [2.05, 4.69) is 0 Å². The molecule has 1 aromatic carbocycles. The Balaban J connectivity index is 2.00. The smallest absolute Gasteiger partial charge is 0.167 e. The number of ether oxygens (including phenoxy) is 2. The second-order valence-corrected chi connectivity index (χ2v) is 4.73. The van der Waals surface area contributed by atoms with Crippen molar-refractivity contribution in [3.63, 3.8) is 0 Å². The summed E-state index contributed by atoms with van der Waals surface area (Å²) in [6.45, 7) is 0.421. The molecule has 96 valence electrons. The molecule has 1 aromatic heterocycles. The van der Waals surface area contributed by atoms with Crippen LogP contribution in [0.25, 0.3) is 0 Å². The molecule has 0 aliphatic rings. The molecule has 0 atom stereocenters. The summed E-state index contributed by atoms with van der Waals surface area (Å²) in [5.41, 5.74) is 5.85. The summed E-state index contributed by atoms with van der Waals surface area (Å²) in [5, 5.41) is 2.00. The van der Waals surface area contributed by atoms with Gasteiger partial charge in [-0.05, 0) is 11.4 Å². The van der Waals surface area contributed by atoms with Crippen LogP contribution in [0.4, 0.5) is 10.1 Å². The van der Waals surface area contributed by atoms with E-state index in [1.54, 1.807) is 11.3 Å². The Morgan fingerprint density at radius 2 is 2.17 bits per heavy atom. The standard InChI is InChI=1S/C13H14FNO2S/c1-16-13-8-12(10(14)7-11(13)15)17-5-4-9-3-2-6-18-9/h2-3,6-8H,4-5,15H2,1H3. The molecular formula is C13H14FNO2S. The van der Waals surface area contributed by atoms with Gasteiger partial charge in [-0.1, -0.05) is 6.07 Å². The molecule has 0 bridgehead atoms. The van der Waals surface area contributed by atoms with Crippen LogP contribution in [0.2, 0.25) is 0 Å². The second-order valence-electron chi connectivity index (χ2n) is 3.70. The third kappa shape index (κ3) is 2.92. The van der Waals surface area contributed by atoms with Crippen molar-refractivity contribution < 1.29 is 13.9 Å². The molecule has 3 nitrogen and oxygen atoms in total. The largest absolute Gasteiger partial charge is 0.494 e. The lowest BCUT2D eigenvalue weighted by molar-refractivity contribution is 0.303. The van der Waals surface area contributed by atoms with Gasteiger partial charge in [0.1, 0.15) is 5.75 Å². The molecular weight excluding hydrogens is 253 g/mol. The lowest BCUT2D eigenvalue weighted by Crippen LogP contribution is -2.03. The van der Waals surface area contributed by atoms with Crippen molar-refractivity contribution in [1.29, 1.82) is 0 Å². The second kappa shape index (κ2) is 5.73. The van der Waals surface area contributed by atoms with Crippen LogP contribution < -0.4 is 15.2 Å². The van der Waals surface area contributed by atoms with Crippen molar-refractivity contribution in [3.05, 3.63) is 40.3 Å². The number of nitrogens with two attached hydrogens (primary N) is 1. The van der Waals surface area contributed by atoms with E-state index in [4.69, 9.17) is 15.2 Å². The first kappa shape index (κ1) is 12.7. The SMILES string of the molecule is COc1cc(OCCc2cccs2)c(F)cc1N. The maximum Gasteiger partial charge on any atom is 0.167 e. The molecule has 2 rings (SSSR count). The van der Waals surface area contributed by atoms with E-state index in [0.29, 0.717) is 12.4 Å². The van der Waals surface area contributed by atoms with Gasteiger partial charge in [0, 0.05) is 23.4 Å². The van der Waals surface area contributed by atoms with Gasteiger partial charge in [-0.2, -0.15) is 0 Å². The van der Waals surface area contributed by atoms with Crippen LogP contribution in [-0.4, -0.2) is 13.7 Å². The maximum atomic E-state index is 13.6. The van der Waals surface area contributed by atoms with Crippen LogP contribution in [0.15, 0.2) is 29.6 Å². The van der Waals surface area contributed by atoms with E-state index in [0.717, 1.165) is 6.42 Å². The number of methoxy groups -OCH3 is 1. The number of hydrogen-bond acceptors (Lipinski definition) is 4. The molecule has 2 aromatic rings. The van der Waals surface area contributed by atoms with Gasteiger partial charge in [-0.15, -0.1) is 11.3 Å². The van der Waals surface area contributed by atoms with Gasteiger partial charge >= 0.3 is 0 Å². The van der Waals surface area contributed by atoms with Crippen LogP contribution in [0.5, 0.6) is 11.5 Å². The van der Waals surface area contributed by atoms with Crippen LogP contribution in [0.1, 0.15) is 4.88 Å². The zero-order valence-corrected chi connectivity index (χ0v) is 10.8. The Bertz CT molecular complexity index is 514. The molecule has 1 heterocycles. The lowest BCUT2D eigenvalue weighted by Gasteiger charge is -2.10. The zero-order valence-electron chi connectivity index (χ0n) is 9.98. The number of anilines is 1. The topological polar surface area (TPSA) is 44.5 Å². The van der Waals surface area contributed by atoms with Crippen LogP contribution in [0, 0.1) is 5.82 Å². The van der Waals surface area contributed by atoms with Gasteiger partial charge in [0.25, 0.3) is 0 Å². The number of rotatable bonds is 5. The summed E-state index contributed by atoms with van der Waals surface area (Å²) in [5.74, 6) is 0.111. The summed E-state index contributed by atoms with van der Waals surface area (Å²) in [7, 11) is 1.49. The minimum Gasteiger partial charge on any atom is -0.494 e. The maximum absolute atomic E-state index is 13.6. The van der Waals surface area contributed by atoms with Gasteiger partial charge in [0.2, 0.25) is 0 Å². The summed E-state index contributed by atoms with van der Waals surface area (Å²) in [4.78, 5) is 1.21. The summed E-state index contributed by atoms with van der Waals surface area (Å²) in [6, 6.07) is 6.68. The van der Waals surface area contributed by atoms with Crippen molar-refractivity contribution >= 4 is 17.0 Å². The third-order valence-corrected chi connectivity index (χ3v) is 3.41. The number of nitrogen functional groups attached to an aromatic ring is 1. The van der Waals surface area contributed by atoms with Crippen molar-refractivity contribution in [1.82, 2.24) is 0 Å². The molecule has 0 fully saturated rings. The Morgan fingerprint density at radius 1 is 1.33 bits per heavy atom. The van der Waals surface area contributed by atoms with Crippen molar-refractivity contribution in [2.75, 3.05) is 19.5 Å². The lowest BCUT2D eigenvalue weighted by atomic mass is 10.2. The van der Waals surface area contributed by atoms with Gasteiger partial charge in [0.15, 0.2) is 11.6 Å². The predicted molar refractivity (Wildman–Crippen MR) is 70.9 cm³/mol. The zero-order chi connectivity index (χ0) is 13.0. The number of halogens is 1. The fourth-order valence-corrected chi connectivity index (χ4v) is 2.24. The monoisotopic (exact) mass is 267 g/mol. The fraction of sp³-hybridized carbons (Fsp3) is 0.231. The van der Waals surface area contributed by atoms with E-state index in [1.807, 2.05) is 17.5 Å². The van der Waals surface area contributed by atoms with Crippen molar-refractivity contribution in [3.8, 4) is 11.5 Å². The molecule has 0 aliphatic carbocycles. The highest BCUT2D eigenvalue weighted by Crippen LogP contribution is 2.29. The number of benzene rings is 1. The molecule has 0 unspecified atom stereocenters. The Hall–Kier alpha value is -1.75. The van der Waals surface area contributed by atoms with Crippen LogP contribution >= 0.6 is 11.3 Å². The first-order valence-corrected chi connectivity index (χ1v) is 6.37. The Morgan fingerprint density at radius 3 is 2.83 bits per heavy atom. The van der Waals surface area contributed by atoms with Crippen LogP contribution in [0.3, 0.4) is 0 Å². The third-order valence-electron chi connectivity index (χ3n) is 2.47. The van der Waals surface area contributed by atoms with Gasteiger partial charge in [-0.3, -0.25) is 0 Å². The Labute approximate surface area is 109 Å². The van der Waals surface area contributed by atoms with Gasteiger partial charge in [-0.25, -0.2) is 4.39 Å². The molecule has 0 radical (unpaired) electrons. The van der Waals surface area contributed by atoms with E-state index < -0.39 is 5.82 Å². The minimum atomic E-state index is -0.473. The first-order chi connectivity index (χ1) is 8.70. The molecule has 2 N–H and O–H groups in total. The summed E-state index contributed by atoms with van der Waals surface area (Å²) in [6.07, 6.45) is 0.754. The van der Waals surface area contributed by atoms with E-state index in [1.165, 1.54) is 24.1 Å². The molecule has 0 spiro atoms. The van der Waals surface area contributed by atoms with Gasteiger partial charge in [0.05, 0.1) is 19.4 Å². The highest BCUT2D eigenvalue weighted by molar-refractivity contribution is 7.09. The van der Waals surface area contributed by atoms with Crippen molar-refractivity contribution in [2.45, 2.75) is 6.42 Å². The quantitative estimate of drug-likeness (QED) is 0.847. The number of hydrogen-bond donors (Lipinski definition) is 1. The molecule has 0 amide bonds. The van der Waals surface area contributed by atoms with E-state index in [9.17, 15) is 4.39 Å². The normalized spacial score (nSPS) is 10.3. The first-order valence-electron chi connectivity index (χ1n) is 5.49. The molecule has 5 heteroatoms. The fourth-order valence-electron chi connectivity index (χ4n) is 1.55. The Kier molecular flexibility index (Phi) is 4.04. The minimum absolute atomic E-state index is 0.164. The summed E-state index contributed by atoms with van der Waals surface area (Å²) < 4.78 is 24.0. The average Bonchev–Trinajstić information content (AvgIpc) is 2.85. The van der Waals surface area contributed by atoms with E-state index in [-0.39, 0.29) is 11.4 Å². The number of thiophene rings is 1. The van der Waals surface area contributed by atoms with Gasteiger partial charge < -0.3 is 15.2 Å². The highest BCUT2D eigenvalue weighted by Gasteiger charge is 2.09. The molecule has 0 aliphatic heterocycles. The molecule has 18 heavy (non-hydrogen) atoms. The van der Waals surface area contributed by atoms with Crippen molar-refractivity contribution in [2.24, 2.45) is 0 Å². The molecule has 0 saturated heterocycles. The highest BCUT2D eigenvalue weighted by atomic mass is 32.1. The average molecular weight is 267 g/mol.